The van der Waals surface area contributed by atoms with E-state index in [1.54, 1.807) is 27.7 Å². The average Bonchev–Trinajstić information content (AvgIpc) is 2.16. The quantitative estimate of drug-likeness (QED) is 0.364. The van der Waals surface area contributed by atoms with Gasteiger partial charge in [-0.05, 0) is 11.8 Å². The molecule has 0 aromatic heterocycles. The van der Waals surface area contributed by atoms with Crippen LogP contribution in [0, 0.1) is 0 Å². The maximum absolute atomic E-state index is 11.2. The Morgan fingerprint density at radius 3 is 2.67 bits per heavy atom. The van der Waals surface area contributed by atoms with Crippen LogP contribution in [0.4, 0.5) is 0 Å². The van der Waals surface area contributed by atoms with Gasteiger partial charge >= 0.3 is 0 Å². The molecular formula is C10H18O2S3. The molecule has 5 heteroatoms. The molecule has 0 aliphatic rings. The van der Waals surface area contributed by atoms with Crippen LogP contribution in [-0.4, -0.2) is 25.7 Å². The van der Waals surface area contributed by atoms with E-state index < -0.39 is 9.84 Å². The lowest BCUT2D eigenvalue weighted by Gasteiger charge is -1.95. The highest BCUT2D eigenvalue weighted by molar-refractivity contribution is 8.77. The zero-order valence-corrected chi connectivity index (χ0v) is 11.5. The topological polar surface area (TPSA) is 34.1 Å². The Hall–Kier alpha value is 0.130. The molecule has 0 amide bonds. The van der Waals surface area contributed by atoms with Gasteiger partial charge in [-0.1, -0.05) is 47.1 Å². The highest BCUT2D eigenvalue weighted by Gasteiger charge is 2.03. The van der Waals surface area contributed by atoms with Crippen molar-refractivity contribution in [3.63, 3.8) is 0 Å². The summed E-state index contributed by atoms with van der Waals surface area (Å²) in [5, 5.41) is 1.85. The summed E-state index contributed by atoms with van der Waals surface area (Å²) in [4.78, 5) is 0. The first-order chi connectivity index (χ1) is 7.12. The van der Waals surface area contributed by atoms with Crippen molar-refractivity contribution in [3.05, 3.63) is 24.1 Å². The Morgan fingerprint density at radius 2 is 2.07 bits per heavy atom. The van der Waals surface area contributed by atoms with Gasteiger partial charge in [-0.15, -0.1) is 6.58 Å². The van der Waals surface area contributed by atoms with E-state index in [0.29, 0.717) is 0 Å². The molecule has 0 atom stereocenters. The van der Waals surface area contributed by atoms with Crippen molar-refractivity contribution in [2.45, 2.75) is 19.8 Å². The first kappa shape index (κ1) is 15.1. The molecule has 0 rings (SSSR count). The second-order valence-corrected chi connectivity index (χ2v) is 7.56. The van der Waals surface area contributed by atoms with Crippen molar-refractivity contribution in [1.82, 2.24) is 0 Å². The SMILES string of the molecule is C=CCS(=O)(=O)C/C=C\SSCCCC. The zero-order valence-electron chi connectivity index (χ0n) is 9.02. The largest absolute Gasteiger partial charge is 0.228 e. The lowest BCUT2D eigenvalue weighted by Crippen LogP contribution is -2.06. The summed E-state index contributed by atoms with van der Waals surface area (Å²) in [7, 11) is 0.398. The van der Waals surface area contributed by atoms with Gasteiger partial charge < -0.3 is 0 Å². The summed E-state index contributed by atoms with van der Waals surface area (Å²) in [6.07, 6.45) is 5.53. The summed E-state index contributed by atoms with van der Waals surface area (Å²) in [6, 6.07) is 0. The fourth-order valence-electron chi connectivity index (χ4n) is 0.763. The molecule has 0 spiro atoms. The minimum atomic E-state index is -2.96. The molecule has 0 fully saturated rings. The van der Waals surface area contributed by atoms with Crippen LogP contribution in [-0.2, 0) is 9.84 Å². The molecule has 0 saturated carbocycles. The molecule has 88 valence electrons. The molecule has 0 saturated heterocycles. The highest BCUT2D eigenvalue weighted by Crippen LogP contribution is 2.23. The Kier molecular flexibility index (Phi) is 9.44. The fraction of sp³-hybridized carbons (Fsp3) is 0.600. The minimum Gasteiger partial charge on any atom is -0.228 e. The summed E-state index contributed by atoms with van der Waals surface area (Å²) in [6.45, 7) is 5.57. The third-order valence-electron chi connectivity index (χ3n) is 1.52. The number of hydrogen-bond donors (Lipinski definition) is 0. The Bertz CT molecular complexity index is 281. The van der Waals surface area contributed by atoms with Gasteiger partial charge in [-0.2, -0.15) is 0 Å². The van der Waals surface area contributed by atoms with Gasteiger partial charge in [0.05, 0.1) is 11.5 Å². The van der Waals surface area contributed by atoms with Crippen LogP contribution in [0.1, 0.15) is 19.8 Å². The maximum atomic E-state index is 11.2. The molecule has 0 aromatic rings. The van der Waals surface area contributed by atoms with Crippen LogP contribution in [0.2, 0.25) is 0 Å². The van der Waals surface area contributed by atoms with Crippen LogP contribution in [0.15, 0.2) is 24.1 Å². The molecule has 0 aliphatic heterocycles. The lowest BCUT2D eigenvalue weighted by molar-refractivity contribution is 0.602. The molecule has 0 unspecified atom stereocenters. The van der Waals surface area contributed by atoms with E-state index in [1.807, 2.05) is 5.41 Å². The third kappa shape index (κ3) is 10.4. The first-order valence-corrected chi connectivity index (χ1v) is 9.07. The average molecular weight is 266 g/mol. The minimum absolute atomic E-state index is 0.0605. The van der Waals surface area contributed by atoms with E-state index in [4.69, 9.17) is 0 Å². The molecule has 0 radical (unpaired) electrons. The molecule has 2 nitrogen and oxygen atoms in total. The predicted octanol–water partition coefficient (Wildman–Crippen LogP) is 3.28. The predicted molar refractivity (Wildman–Crippen MR) is 72.9 cm³/mol. The zero-order chi connectivity index (χ0) is 11.6. The van der Waals surface area contributed by atoms with Crippen LogP contribution in [0.25, 0.3) is 0 Å². The molecule has 0 bridgehead atoms. The van der Waals surface area contributed by atoms with E-state index in [-0.39, 0.29) is 11.5 Å². The van der Waals surface area contributed by atoms with Crippen LogP contribution < -0.4 is 0 Å². The molecule has 0 N–H and O–H groups in total. The van der Waals surface area contributed by atoms with E-state index >= 15 is 0 Å². The van der Waals surface area contributed by atoms with E-state index in [9.17, 15) is 8.42 Å². The van der Waals surface area contributed by atoms with Crippen molar-refractivity contribution >= 4 is 31.4 Å². The van der Waals surface area contributed by atoms with Gasteiger partial charge in [0.1, 0.15) is 0 Å². The summed E-state index contributed by atoms with van der Waals surface area (Å²) < 4.78 is 22.5. The van der Waals surface area contributed by atoms with Gasteiger partial charge in [-0.3, -0.25) is 0 Å². The van der Waals surface area contributed by atoms with Crippen molar-refractivity contribution in [3.8, 4) is 0 Å². The van der Waals surface area contributed by atoms with Gasteiger partial charge in [0, 0.05) is 5.75 Å². The lowest BCUT2D eigenvalue weighted by atomic mass is 10.4. The standard InChI is InChI=1S/C10H18O2S3/c1-3-5-7-13-14-8-6-10-15(11,12)9-4-2/h4,6,8H,2-3,5,7,9-10H2,1H3/b8-6-. The highest BCUT2D eigenvalue weighted by atomic mass is 33.1. The second kappa shape index (κ2) is 9.36. The molecule has 0 aromatic carbocycles. The summed E-state index contributed by atoms with van der Waals surface area (Å²) >= 11 is 0. The van der Waals surface area contributed by atoms with Crippen molar-refractivity contribution in [2.24, 2.45) is 0 Å². The van der Waals surface area contributed by atoms with Crippen molar-refractivity contribution < 1.29 is 8.42 Å². The number of sulfone groups is 1. The number of hydrogen-bond acceptors (Lipinski definition) is 4. The van der Waals surface area contributed by atoms with Gasteiger partial charge in [-0.25, -0.2) is 8.42 Å². The smallest absolute Gasteiger partial charge is 0.157 e. The third-order valence-corrected chi connectivity index (χ3v) is 5.10. The van der Waals surface area contributed by atoms with Crippen LogP contribution in [0.3, 0.4) is 0 Å². The Balaban J connectivity index is 3.58. The molecular weight excluding hydrogens is 248 g/mol. The Morgan fingerprint density at radius 1 is 1.33 bits per heavy atom. The number of rotatable bonds is 9. The van der Waals surface area contributed by atoms with Gasteiger partial charge in [0.15, 0.2) is 9.84 Å². The van der Waals surface area contributed by atoms with E-state index in [2.05, 4.69) is 13.5 Å². The van der Waals surface area contributed by atoms with Crippen molar-refractivity contribution in [1.29, 1.82) is 0 Å². The van der Waals surface area contributed by atoms with Crippen LogP contribution >= 0.6 is 21.6 Å². The van der Waals surface area contributed by atoms with Crippen molar-refractivity contribution in [2.75, 3.05) is 17.3 Å². The monoisotopic (exact) mass is 266 g/mol. The normalized spacial score (nSPS) is 12.1. The first-order valence-electron chi connectivity index (χ1n) is 4.87. The van der Waals surface area contributed by atoms with Gasteiger partial charge in [0.2, 0.25) is 0 Å². The fourth-order valence-corrected chi connectivity index (χ4v) is 3.64. The summed E-state index contributed by atoms with van der Waals surface area (Å²) in [5.41, 5.74) is 0. The molecule has 0 aliphatic carbocycles. The summed E-state index contributed by atoms with van der Waals surface area (Å²) in [5.74, 6) is 1.29. The van der Waals surface area contributed by atoms with Gasteiger partial charge in [0.25, 0.3) is 0 Å². The van der Waals surface area contributed by atoms with Crippen LogP contribution in [0.5, 0.6) is 0 Å². The van der Waals surface area contributed by atoms with E-state index in [0.717, 1.165) is 5.75 Å². The molecule has 0 heterocycles. The maximum Gasteiger partial charge on any atom is 0.157 e. The second-order valence-electron chi connectivity index (χ2n) is 3.01. The Labute approximate surface area is 101 Å². The molecule has 15 heavy (non-hydrogen) atoms. The number of unbranched alkanes of at least 4 members (excludes halogenated alkanes) is 1. The van der Waals surface area contributed by atoms with E-state index in [1.165, 1.54) is 18.9 Å².